The van der Waals surface area contributed by atoms with Gasteiger partial charge < -0.3 is 15.0 Å². The molecule has 5 heteroatoms. The van der Waals surface area contributed by atoms with Gasteiger partial charge in [-0.15, -0.1) is 0 Å². The molecule has 0 radical (unpaired) electrons. The van der Waals surface area contributed by atoms with E-state index in [0.717, 1.165) is 43.7 Å². The van der Waals surface area contributed by atoms with Crippen LogP contribution in [-0.2, 0) is 11.3 Å². The van der Waals surface area contributed by atoms with Crippen molar-refractivity contribution in [3.05, 3.63) is 17.5 Å². The number of nitrogens with one attached hydrogen (secondary N) is 1. The zero-order valence-electron chi connectivity index (χ0n) is 13.3. The van der Waals surface area contributed by atoms with Gasteiger partial charge in [0.2, 0.25) is 5.95 Å². The van der Waals surface area contributed by atoms with Crippen LogP contribution in [0, 0.1) is 12.8 Å². The molecule has 2 aliphatic rings. The molecule has 5 nitrogen and oxygen atoms in total. The molecule has 1 N–H and O–H groups in total. The molecule has 0 aromatic carbocycles. The SMILES string of the molecule is COC1CN(c2ncc(CNC3CC3)c(C)n2)CCC1C. The quantitative estimate of drug-likeness (QED) is 0.897. The van der Waals surface area contributed by atoms with E-state index in [-0.39, 0.29) is 6.10 Å². The second-order valence-corrected chi connectivity index (χ2v) is 6.42. The van der Waals surface area contributed by atoms with Crippen LogP contribution in [0.15, 0.2) is 6.20 Å². The molecule has 0 bridgehead atoms. The third kappa shape index (κ3) is 3.52. The molecule has 2 fully saturated rings. The van der Waals surface area contributed by atoms with Gasteiger partial charge in [0.1, 0.15) is 0 Å². The number of hydrogen-bond donors (Lipinski definition) is 1. The normalized spacial score (nSPS) is 26.1. The monoisotopic (exact) mass is 290 g/mol. The van der Waals surface area contributed by atoms with Crippen molar-refractivity contribution in [1.29, 1.82) is 0 Å². The molecule has 1 aromatic heterocycles. The fraction of sp³-hybridized carbons (Fsp3) is 0.750. The van der Waals surface area contributed by atoms with Crippen molar-refractivity contribution in [3.63, 3.8) is 0 Å². The molecule has 1 aromatic rings. The van der Waals surface area contributed by atoms with E-state index in [2.05, 4.69) is 29.0 Å². The molecule has 2 atom stereocenters. The average molecular weight is 290 g/mol. The first-order chi connectivity index (χ1) is 10.2. The van der Waals surface area contributed by atoms with E-state index in [1.807, 2.05) is 6.20 Å². The summed E-state index contributed by atoms with van der Waals surface area (Å²) in [4.78, 5) is 11.5. The predicted molar refractivity (Wildman–Crippen MR) is 83.4 cm³/mol. The lowest BCUT2D eigenvalue weighted by Gasteiger charge is -2.36. The molecule has 21 heavy (non-hydrogen) atoms. The van der Waals surface area contributed by atoms with Crippen LogP contribution in [0.1, 0.15) is 37.4 Å². The fourth-order valence-electron chi connectivity index (χ4n) is 2.87. The van der Waals surface area contributed by atoms with Crippen LogP contribution in [0.3, 0.4) is 0 Å². The summed E-state index contributed by atoms with van der Waals surface area (Å²) < 4.78 is 5.57. The maximum Gasteiger partial charge on any atom is 0.225 e. The zero-order valence-corrected chi connectivity index (χ0v) is 13.3. The fourth-order valence-corrected chi connectivity index (χ4v) is 2.87. The van der Waals surface area contributed by atoms with Gasteiger partial charge in [-0.2, -0.15) is 0 Å². The minimum atomic E-state index is 0.277. The van der Waals surface area contributed by atoms with E-state index >= 15 is 0 Å². The summed E-state index contributed by atoms with van der Waals surface area (Å²) in [5, 5.41) is 3.52. The van der Waals surface area contributed by atoms with Gasteiger partial charge in [-0.25, -0.2) is 9.97 Å². The van der Waals surface area contributed by atoms with Crippen LogP contribution in [0.25, 0.3) is 0 Å². The first-order valence-corrected chi connectivity index (χ1v) is 8.01. The molecule has 116 valence electrons. The van der Waals surface area contributed by atoms with Crippen LogP contribution in [-0.4, -0.2) is 42.3 Å². The number of aryl methyl sites for hydroxylation is 1. The van der Waals surface area contributed by atoms with E-state index in [9.17, 15) is 0 Å². The number of aromatic nitrogens is 2. The smallest absolute Gasteiger partial charge is 0.225 e. The van der Waals surface area contributed by atoms with Crippen molar-refractivity contribution < 1.29 is 4.74 Å². The summed E-state index contributed by atoms with van der Waals surface area (Å²) in [6.07, 6.45) is 6.00. The van der Waals surface area contributed by atoms with Crippen LogP contribution < -0.4 is 10.2 Å². The molecule has 2 heterocycles. The Morgan fingerprint density at radius 3 is 2.86 bits per heavy atom. The number of hydrogen-bond acceptors (Lipinski definition) is 5. The van der Waals surface area contributed by atoms with Crippen molar-refractivity contribution in [1.82, 2.24) is 15.3 Å². The Kier molecular flexibility index (Phi) is 4.40. The standard InChI is InChI=1S/C16H26N4O/c1-11-6-7-20(10-15(11)21-3)16-18-9-13(12(2)19-16)8-17-14-4-5-14/h9,11,14-15,17H,4-8,10H2,1-3H3. The van der Waals surface area contributed by atoms with Crippen molar-refractivity contribution in [2.45, 2.75) is 51.8 Å². The molecule has 0 amide bonds. The molecule has 1 saturated heterocycles. The highest BCUT2D eigenvalue weighted by Crippen LogP contribution is 2.23. The summed E-state index contributed by atoms with van der Waals surface area (Å²) in [5.74, 6) is 1.45. The lowest BCUT2D eigenvalue weighted by atomic mass is 9.96. The summed E-state index contributed by atoms with van der Waals surface area (Å²) in [5.41, 5.74) is 2.29. The molecule has 0 spiro atoms. The topological polar surface area (TPSA) is 50.3 Å². The first kappa shape index (κ1) is 14.7. The molecule has 3 rings (SSSR count). The Labute approximate surface area is 127 Å². The Morgan fingerprint density at radius 2 is 2.19 bits per heavy atom. The molecule has 1 saturated carbocycles. The molecule has 1 aliphatic heterocycles. The van der Waals surface area contributed by atoms with Gasteiger partial charge in [0.05, 0.1) is 6.10 Å². The van der Waals surface area contributed by atoms with E-state index in [0.29, 0.717) is 5.92 Å². The highest BCUT2D eigenvalue weighted by Gasteiger charge is 2.27. The van der Waals surface area contributed by atoms with Gasteiger partial charge >= 0.3 is 0 Å². The number of ether oxygens (including phenoxy) is 1. The predicted octanol–water partition coefficient (Wildman–Crippen LogP) is 1.90. The Balaban J connectivity index is 1.66. The molecule has 1 aliphatic carbocycles. The second-order valence-electron chi connectivity index (χ2n) is 6.42. The van der Waals surface area contributed by atoms with Gasteiger partial charge in [0.15, 0.2) is 0 Å². The van der Waals surface area contributed by atoms with Gasteiger partial charge in [0, 0.05) is 50.2 Å². The van der Waals surface area contributed by atoms with Crippen molar-refractivity contribution >= 4 is 5.95 Å². The van der Waals surface area contributed by atoms with Crippen molar-refractivity contribution in [2.24, 2.45) is 5.92 Å². The van der Waals surface area contributed by atoms with Crippen LogP contribution in [0.5, 0.6) is 0 Å². The van der Waals surface area contributed by atoms with Gasteiger partial charge in [-0.05, 0) is 32.1 Å². The van der Waals surface area contributed by atoms with E-state index in [1.54, 1.807) is 7.11 Å². The van der Waals surface area contributed by atoms with Crippen LogP contribution in [0.2, 0.25) is 0 Å². The number of anilines is 1. The number of piperidine rings is 1. The van der Waals surface area contributed by atoms with E-state index in [4.69, 9.17) is 9.72 Å². The highest BCUT2D eigenvalue weighted by molar-refractivity contribution is 5.34. The summed E-state index contributed by atoms with van der Waals surface area (Å²) in [7, 11) is 1.80. The second kappa shape index (κ2) is 6.28. The maximum absolute atomic E-state index is 5.57. The van der Waals surface area contributed by atoms with Crippen molar-refractivity contribution in [2.75, 3.05) is 25.1 Å². The minimum Gasteiger partial charge on any atom is -0.379 e. The van der Waals surface area contributed by atoms with Gasteiger partial charge in [-0.3, -0.25) is 0 Å². The molecule has 2 unspecified atom stereocenters. The zero-order chi connectivity index (χ0) is 14.8. The maximum atomic E-state index is 5.57. The number of rotatable bonds is 5. The highest BCUT2D eigenvalue weighted by atomic mass is 16.5. The largest absolute Gasteiger partial charge is 0.379 e. The average Bonchev–Trinajstić information content (AvgIpc) is 3.31. The summed E-state index contributed by atoms with van der Waals surface area (Å²) >= 11 is 0. The third-order valence-electron chi connectivity index (χ3n) is 4.70. The van der Waals surface area contributed by atoms with Crippen LogP contribution in [0.4, 0.5) is 5.95 Å². The minimum absolute atomic E-state index is 0.277. The Bertz CT molecular complexity index is 489. The molecular weight excluding hydrogens is 264 g/mol. The summed E-state index contributed by atoms with van der Waals surface area (Å²) in [6.45, 7) is 7.12. The van der Waals surface area contributed by atoms with Crippen molar-refractivity contribution in [3.8, 4) is 0 Å². The molecular formula is C16H26N4O. The van der Waals surface area contributed by atoms with E-state index < -0.39 is 0 Å². The Hall–Kier alpha value is -1.20. The lowest BCUT2D eigenvalue weighted by molar-refractivity contribution is 0.0494. The lowest BCUT2D eigenvalue weighted by Crippen LogP contribution is -2.44. The Morgan fingerprint density at radius 1 is 1.38 bits per heavy atom. The summed E-state index contributed by atoms with van der Waals surface area (Å²) in [6, 6.07) is 0.718. The number of methoxy groups -OCH3 is 1. The number of nitrogens with zero attached hydrogens (tertiary/aromatic N) is 3. The van der Waals surface area contributed by atoms with Gasteiger partial charge in [-0.1, -0.05) is 6.92 Å². The van der Waals surface area contributed by atoms with Gasteiger partial charge in [0.25, 0.3) is 0 Å². The first-order valence-electron chi connectivity index (χ1n) is 8.01. The van der Waals surface area contributed by atoms with Crippen LogP contribution >= 0.6 is 0 Å². The van der Waals surface area contributed by atoms with E-state index in [1.165, 1.54) is 18.4 Å². The third-order valence-corrected chi connectivity index (χ3v) is 4.70.